The summed E-state index contributed by atoms with van der Waals surface area (Å²) in [7, 11) is 0. The molecule has 3 heteroatoms. The molecule has 1 unspecified atom stereocenters. The second-order valence-corrected chi connectivity index (χ2v) is 5.23. The van der Waals surface area contributed by atoms with Crippen LogP contribution in [0.5, 0.6) is 0 Å². The molecule has 0 bridgehead atoms. The molecule has 1 aromatic rings. The van der Waals surface area contributed by atoms with Crippen LogP contribution in [0.4, 0.5) is 0 Å². The van der Waals surface area contributed by atoms with Crippen LogP contribution in [0, 0.1) is 6.92 Å². The van der Waals surface area contributed by atoms with Gasteiger partial charge in [0.1, 0.15) is 5.15 Å². The van der Waals surface area contributed by atoms with Crippen LogP contribution in [0.1, 0.15) is 36.1 Å². The average molecular weight is 237 g/mol. The van der Waals surface area contributed by atoms with E-state index in [-0.39, 0.29) is 0 Å². The van der Waals surface area contributed by atoms with Crippen molar-refractivity contribution in [3.05, 3.63) is 28.0 Å². The monoisotopic (exact) mass is 236 g/mol. The van der Waals surface area contributed by atoms with Crippen molar-refractivity contribution in [3.63, 3.8) is 0 Å². The standard InChI is InChI=1S/C13H17ClN2/c1-8-3-4-10-7-15-5-6-16-12(10)11(8)9(2)13(16)14/h4,8,15H,3,5-7H2,1-2H3. The maximum absolute atomic E-state index is 6.45. The lowest BCUT2D eigenvalue weighted by atomic mass is 9.86. The first-order chi connectivity index (χ1) is 7.70. The van der Waals surface area contributed by atoms with Crippen molar-refractivity contribution in [1.29, 1.82) is 0 Å². The average Bonchev–Trinajstić information content (AvgIpc) is 2.46. The number of allylic oxidation sites excluding steroid dienone is 1. The van der Waals surface area contributed by atoms with Gasteiger partial charge in [-0.05, 0) is 36.0 Å². The summed E-state index contributed by atoms with van der Waals surface area (Å²) in [6.07, 6.45) is 3.52. The predicted molar refractivity (Wildman–Crippen MR) is 68.1 cm³/mol. The molecule has 0 spiro atoms. The largest absolute Gasteiger partial charge is 0.330 e. The van der Waals surface area contributed by atoms with E-state index in [1.165, 1.54) is 22.4 Å². The summed E-state index contributed by atoms with van der Waals surface area (Å²) in [5.41, 5.74) is 5.59. The van der Waals surface area contributed by atoms with E-state index in [0.29, 0.717) is 5.92 Å². The van der Waals surface area contributed by atoms with Gasteiger partial charge in [-0.1, -0.05) is 24.6 Å². The van der Waals surface area contributed by atoms with Gasteiger partial charge in [0.25, 0.3) is 0 Å². The zero-order chi connectivity index (χ0) is 11.3. The molecule has 2 aliphatic rings. The summed E-state index contributed by atoms with van der Waals surface area (Å²) in [6.45, 7) is 7.43. The van der Waals surface area contributed by atoms with Gasteiger partial charge in [-0.25, -0.2) is 0 Å². The van der Waals surface area contributed by atoms with E-state index < -0.39 is 0 Å². The van der Waals surface area contributed by atoms with E-state index >= 15 is 0 Å². The highest BCUT2D eigenvalue weighted by Gasteiger charge is 2.28. The van der Waals surface area contributed by atoms with Crippen LogP contribution in [0.15, 0.2) is 6.08 Å². The van der Waals surface area contributed by atoms with Gasteiger partial charge >= 0.3 is 0 Å². The topological polar surface area (TPSA) is 17.0 Å². The van der Waals surface area contributed by atoms with Crippen molar-refractivity contribution < 1.29 is 0 Å². The van der Waals surface area contributed by atoms with Gasteiger partial charge in [-0.3, -0.25) is 0 Å². The van der Waals surface area contributed by atoms with Crippen molar-refractivity contribution >= 4 is 17.2 Å². The molecule has 0 amide bonds. The Hall–Kier alpha value is -0.730. The summed E-state index contributed by atoms with van der Waals surface area (Å²) in [4.78, 5) is 0. The minimum Gasteiger partial charge on any atom is -0.330 e. The van der Waals surface area contributed by atoms with Crippen molar-refractivity contribution in [3.8, 4) is 0 Å². The summed E-state index contributed by atoms with van der Waals surface area (Å²) >= 11 is 6.45. The summed E-state index contributed by atoms with van der Waals surface area (Å²) in [5.74, 6) is 0.607. The van der Waals surface area contributed by atoms with E-state index in [2.05, 4.69) is 29.8 Å². The Morgan fingerprint density at radius 2 is 2.31 bits per heavy atom. The quantitative estimate of drug-likeness (QED) is 0.733. The predicted octanol–water partition coefficient (Wildman–Crippen LogP) is 2.94. The van der Waals surface area contributed by atoms with E-state index in [9.17, 15) is 0 Å². The van der Waals surface area contributed by atoms with Crippen LogP contribution in [-0.4, -0.2) is 17.7 Å². The van der Waals surface area contributed by atoms with Crippen molar-refractivity contribution in [2.45, 2.75) is 32.7 Å². The molecule has 1 atom stereocenters. The van der Waals surface area contributed by atoms with Crippen LogP contribution < -0.4 is 5.32 Å². The third-order valence-corrected chi connectivity index (χ3v) is 4.31. The summed E-state index contributed by atoms with van der Waals surface area (Å²) in [5, 5.41) is 4.39. The van der Waals surface area contributed by atoms with Gasteiger partial charge < -0.3 is 9.88 Å². The molecule has 1 aliphatic heterocycles. The molecular formula is C13H17ClN2. The molecule has 0 saturated heterocycles. The first-order valence-corrected chi connectivity index (χ1v) is 6.36. The second kappa shape index (κ2) is 3.64. The van der Waals surface area contributed by atoms with Gasteiger partial charge in [-0.2, -0.15) is 0 Å². The number of nitrogens with one attached hydrogen (secondary N) is 1. The molecule has 1 aliphatic carbocycles. The Morgan fingerprint density at radius 3 is 3.12 bits per heavy atom. The number of hydrogen-bond donors (Lipinski definition) is 1. The fourth-order valence-electron chi connectivity index (χ4n) is 3.00. The third kappa shape index (κ3) is 1.30. The van der Waals surface area contributed by atoms with E-state index in [1.54, 1.807) is 0 Å². The zero-order valence-electron chi connectivity index (χ0n) is 9.81. The lowest BCUT2D eigenvalue weighted by molar-refractivity contribution is 0.648. The van der Waals surface area contributed by atoms with Crippen molar-refractivity contribution in [1.82, 2.24) is 9.88 Å². The molecule has 2 heterocycles. The van der Waals surface area contributed by atoms with Gasteiger partial charge in [0.05, 0.1) is 0 Å². The highest BCUT2D eigenvalue weighted by atomic mass is 35.5. The molecule has 0 fully saturated rings. The fraction of sp³-hybridized carbons (Fsp3) is 0.538. The van der Waals surface area contributed by atoms with Gasteiger partial charge in [0.15, 0.2) is 0 Å². The third-order valence-electron chi connectivity index (χ3n) is 3.82. The molecular weight excluding hydrogens is 220 g/mol. The van der Waals surface area contributed by atoms with Crippen LogP contribution in [0.2, 0.25) is 5.15 Å². The van der Waals surface area contributed by atoms with Gasteiger partial charge in [0.2, 0.25) is 0 Å². The lowest BCUT2D eigenvalue weighted by Gasteiger charge is -2.20. The number of nitrogens with zero attached hydrogens (tertiary/aromatic N) is 1. The molecule has 3 rings (SSSR count). The minimum atomic E-state index is 0.607. The second-order valence-electron chi connectivity index (χ2n) is 4.87. The van der Waals surface area contributed by atoms with E-state index in [1.807, 2.05) is 0 Å². The van der Waals surface area contributed by atoms with Crippen LogP contribution in [-0.2, 0) is 6.54 Å². The van der Waals surface area contributed by atoms with Gasteiger partial charge in [-0.15, -0.1) is 0 Å². The zero-order valence-corrected chi connectivity index (χ0v) is 10.6. The number of halogens is 1. The Morgan fingerprint density at radius 1 is 1.50 bits per heavy atom. The minimum absolute atomic E-state index is 0.607. The van der Waals surface area contributed by atoms with Gasteiger partial charge in [0, 0.05) is 25.3 Å². The van der Waals surface area contributed by atoms with Crippen molar-refractivity contribution in [2.75, 3.05) is 13.1 Å². The Labute approximate surface area is 101 Å². The highest BCUT2D eigenvalue weighted by Crippen LogP contribution is 2.41. The number of hydrogen-bond acceptors (Lipinski definition) is 1. The maximum atomic E-state index is 6.45. The Balaban J connectivity index is 2.29. The van der Waals surface area contributed by atoms with E-state index in [4.69, 9.17) is 11.6 Å². The highest BCUT2D eigenvalue weighted by molar-refractivity contribution is 6.30. The molecule has 1 N–H and O–H groups in total. The first-order valence-electron chi connectivity index (χ1n) is 5.98. The molecule has 0 saturated carbocycles. The molecule has 0 aromatic carbocycles. The first kappa shape index (κ1) is 10.4. The smallest absolute Gasteiger partial charge is 0.112 e. The van der Waals surface area contributed by atoms with Crippen LogP contribution >= 0.6 is 11.6 Å². The molecule has 86 valence electrons. The molecule has 0 radical (unpaired) electrons. The summed E-state index contributed by atoms with van der Waals surface area (Å²) in [6, 6.07) is 0. The SMILES string of the molecule is Cc1c2c3n(c1Cl)CCNCC3=CCC2C. The van der Waals surface area contributed by atoms with Crippen molar-refractivity contribution in [2.24, 2.45) is 0 Å². The van der Waals surface area contributed by atoms with E-state index in [0.717, 1.165) is 31.2 Å². The fourth-order valence-corrected chi connectivity index (χ4v) is 3.27. The molecule has 16 heavy (non-hydrogen) atoms. The maximum Gasteiger partial charge on any atom is 0.112 e. The lowest BCUT2D eigenvalue weighted by Crippen LogP contribution is -2.17. The normalized spacial score (nSPS) is 23.7. The molecule has 1 aromatic heterocycles. The number of rotatable bonds is 0. The molecule has 2 nitrogen and oxygen atoms in total. The summed E-state index contributed by atoms with van der Waals surface area (Å²) < 4.78 is 2.29. The van der Waals surface area contributed by atoms with Crippen LogP contribution in [0.3, 0.4) is 0 Å². The Bertz CT molecular complexity index is 471. The number of aromatic nitrogens is 1. The van der Waals surface area contributed by atoms with Crippen LogP contribution in [0.25, 0.3) is 5.57 Å². The Kier molecular flexibility index (Phi) is 2.37.